The van der Waals surface area contributed by atoms with E-state index in [1.165, 1.54) is 20.3 Å². The Morgan fingerprint density at radius 2 is 1.78 bits per heavy atom. The van der Waals surface area contributed by atoms with Gasteiger partial charge in [0.25, 0.3) is 0 Å². The Morgan fingerprint density at radius 3 is 2.50 bits per heavy atom. The van der Waals surface area contributed by atoms with Gasteiger partial charge in [0, 0.05) is 8.04 Å². The Hall–Kier alpha value is -0.0600. The molecule has 0 aliphatic carbocycles. The van der Waals surface area contributed by atoms with E-state index < -0.39 is 0 Å². The van der Waals surface area contributed by atoms with E-state index in [4.69, 9.17) is 11.6 Å². The van der Waals surface area contributed by atoms with Crippen LogP contribution in [0.4, 0.5) is 0 Å². The molecule has 2 rings (SSSR count). The van der Waals surface area contributed by atoms with Crippen molar-refractivity contribution >= 4 is 50.1 Å². The topological polar surface area (TPSA) is 0 Å². The van der Waals surface area contributed by atoms with Crippen LogP contribution in [0, 0.1) is 17.4 Å². The SMILES string of the molecule is Cc1ccc(C)c(C(Cl)c2cc(I)ccc2Br)c1. The summed E-state index contributed by atoms with van der Waals surface area (Å²) in [6.45, 7) is 4.20. The van der Waals surface area contributed by atoms with Gasteiger partial charge in [-0.15, -0.1) is 11.6 Å². The monoisotopic (exact) mass is 434 g/mol. The number of benzene rings is 2. The van der Waals surface area contributed by atoms with E-state index in [9.17, 15) is 0 Å². The summed E-state index contributed by atoms with van der Waals surface area (Å²) in [7, 11) is 0. The first-order valence-corrected chi connectivity index (χ1v) is 7.96. The van der Waals surface area contributed by atoms with Crippen molar-refractivity contribution in [2.24, 2.45) is 0 Å². The molecule has 18 heavy (non-hydrogen) atoms. The zero-order chi connectivity index (χ0) is 13.3. The van der Waals surface area contributed by atoms with Gasteiger partial charge in [-0.3, -0.25) is 0 Å². The van der Waals surface area contributed by atoms with Crippen LogP contribution in [0.5, 0.6) is 0 Å². The molecule has 1 unspecified atom stereocenters. The Balaban J connectivity index is 2.50. The van der Waals surface area contributed by atoms with Gasteiger partial charge in [-0.25, -0.2) is 0 Å². The molecular weight excluding hydrogens is 422 g/mol. The first kappa shape index (κ1) is 14.4. The second-order valence-corrected chi connectivity index (χ2v) is 6.92. The van der Waals surface area contributed by atoms with Crippen molar-refractivity contribution in [3.8, 4) is 0 Å². The minimum atomic E-state index is -0.117. The number of halogens is 3. The van der Waals surface area contributed by atoms with Crippen molar-refractivity contribution < 1.29 is 0 Å². The number of aryl methyl sites for hydroxylation is 2. The standard InChI is InChI=1S/C15H13BrClI/c1-9-3-4-10(2)12(7-9)15(17)13-8-11(18)5-6-14(13)16/h3-8,15H,1-2H3. The van der Waals surface area contributed by atoms with Crippen molar-refractivity contribution in [2.45, 2.75) is 19.2 Å². The van der Waals surface area contributed by atoms with Gasteiger partial charge < -0.3 is 0 Å². The maximum atomic E-state index is 6.65. The molecule has 2 aromatic rings. The second-order valence-electron chi connectivity index (χ2n) is 4.39. The summed E-state index contributed by atoms with van der Waals surface area (Å²) in [6.07, 6.45) is 0. The first-order valence-electron chi connectivity index (χ1n) is 5.65. The lowest BCUT2D eigenvalue weighted by Crippen LogP contribution is -1.98. The van der Waals surface area contributed by atoms with E-state index in [0.29, 0.717) is 0 Å². The van der Waals surface area contributed by atoms with Gasteiger partial charge in [0.15, 0.2) is 0 Å². The zero-order valence-electron chi connectivity index (χ0n) is 10.2. The average Bonchev–Trinajstić information content (AvgIpc) is 2.34. The van der Waals surface area contributed by atoms with Gasteiger partial charge in [-0.05, 0) is 71.3 Å². The molecule has 0 spiro atoms. The van der Waals surface area contributed by atoms with E-state index in [0.717, 1.165) is 10.0 Å². The fourth-order valence-corrected chi connectivity index (χ4v) is 3.45. The van der Waals surface area contributed by atoms with E-state index in [-0.39, 0.29) is 5.38 Å². The van der Waals surface area contributed by atoms with Crippen LogP contribution in [0.3, 0.4) is 0 Å². The third kappa shape index (κ3) is 3.09. The van der Waals surface area contributed by atoms with Crippen LogP contribution in [0.1, 0.15) is 27.6 Å². The highest BCUT2D eigenvalue weighted by atomic mass is 127. The zero-order valence-corrected chi connectivity index (χ0v) is 14.7. The van der Waals surface area contributed by atoms with Crippen molar-refractivity contribution in [1.82, 2.24) is 0 Å². The van der Waals surface area contributed by atoms with E-state index in [1.807, 2.05) is 0 Å². The summed E-state index contributed by atoms with van der Waals surface area (Å²) in [5.74, 6) is 0. The quantitative estimate of drug-likeness (QED) is 0.401. The predicted octanol–water partition coefficient (Wildman–Crippen LogP) is 6.00. The molecule has 0 heterocycles. The van der Waals surface area contributed by atoms with Crippen molar-refractivity contribution in [3.63, 3.8) is 0 Å². The lowest BCUT2D eigenvalue weighted by Gasteiger charge is -2.16. The van der Waals surface area contributed by atoms with Crippen LogP contribution in [-0.2, 0) is 0 Å². The maximum absolute atomic E-state index is 6.65. The number of alkyl halides is 1. The first-order chi connectivity index (χ1) is 8.49. The van der Waals surface area contributed by atoms with Gasteiger partial charge in [0.2, 0.25) is 0 Å². The minimum Gasteiger partial charge on any atom is -0.113 e. The van der Waals surface area contributed by atoms with Crippen molar-refractivity contribution in [1.29, 1.82) is 0 Å². The largest absolute Gasteiger partial charge is 0.113 e. The third-order valence-electron chi connectivity index (χ3n) is 2.94. The van der Waals surface area contributed by atoms with Gasteiger partial charge >= 0.3 is 0 Å². The highest BCUT2D eigenvalue weighted by Crippen LogP contribution is 2.36. The highest BCUT2D eigenvalue weighted by Gasteiger charge is 2.16. The molecule has 0 saturated heterocycles. The molecule has 2 aromatic carbocycles. The second kappa shape index (κ2) is 5.93. The van der Waals surface area contributed by atoms with Crippen LogP contribution in [-0.4, -0.2) is 0 Å². The molecule has 0 aliphatic heterocycles. The molecule has 0 saturated carbocycles. The lowest BCUT2D eigenvalue weighted by atomic mass is 9.98. The molecule has 1 atom stereocenters. The van der Waals surface area contributed by atoms with Crippen LogP contribution in [0.25, 0.3) is 0 Å². The smallest absolute Gasteiger partial charge is 0.0849 e. The Bertz CT molecular complexity index is 529. The third-order valence-corrected chi connectivity index (χ3v) is 4.80. The van der Waals surface area contributed by atoms with Crippen LogP contribution < -0.4 is 0 Å². The van der Waals surface area contributed by atoms with Crippen molar-refractivity contribution in [3.05, 3.63) is 66.7 Å². The van der Waals surface area contributed by atoms with Crippen LogP contribution in [0.15, 0.2) is 40.9 Å². The average molecular weight is 436 g/mol. The minimum absolute atomic E-state index is 0.117. The number of rotatable bonds is 2. The summed E-state index contributed by atoms with van der Waals surface area (Å²) < 4.78 is 2.26. The van der Waals surface area contributed by atoms with Gasteiger partial charge in [0.1, 0.15) is 0 Å². The molecule has 0 radical (unpaired) electrons. The van der Waals surface area contributed by atoms with E-state index in [2.05, 4.69) is 88.8 Å². The van der Waals surface area contributed by atoms with Crippen LogP contribution in [0.2, 0.25) is 0 Å². The summed E-state index contributed by atoms with van der Waals surface area (Å²) in [4.78, 5) is 0. The fraction of sp³-hybridized carbons (Fsp3) is 0.200. The molecule has 0 fully saturated rings. The molecular formula is C15H13BrClI. The summed E-state index contributed by atoms with van der Waals surface area (Å²) in [5.41, 5.74) is 4.77. The molecule has 0 amide bonds. The summed E-state index contributed by atoms with van der Waals surface area (Å²) in [5, 5.41) is -0.117. The molecule has 0 aliphatic rings. The van der Waals surface area contributed by atoms with E-state index >= 15 is 0 Å². The maximum Gasteiger partial charge on any atom is 0.0849 e. The lowest BCUT2D eigenvalue weighted by molar-refractivity contribution is 1.09. The summed E-state index contributed by atoms with van der Waals surface area (Å²) >= 11 is 12.5. The molecule has 0 N–H and O–H groups in total. The number of hydrogen-bond donors (Lipinski definition) is 0. The Kier molecular flexibility index (Phi) is 4.73. The molecule has 0 aromatic heterocycles. The number of hydrogen-bond acceptors (Lipinski definition) is 0. The van der Waals surface area contributed by atoms with Gasteiger partial charge in [0.05, 0.1) is 5.38 Å². The summed E-state index contributed by atoms with van der Waals surface area (Å²) in [6, 6.07) is 12.7. The molecule has 94 valence electrons. The molecule has 3 heteroatoms. The van der Waals surface area contributed by atoms with E-state index in [1.54, 1.807) is 0 Å². The Morgan fingerprint density at radius 1 is 1.06 bits per heavy atom. The Labute approximate surface area is 135 Å². The van der Waals surface area contributed by atoms with Gasteiger partial charge in [-0.2, -0.15) is 0 Å². The predicted molar refractivity (Wildman–Crippen MR) is 90.5 cm³/mol. The fourth-order valence-electron chi connectivity index (χ4n) is 1.91. The van der Waals surface area contributed by atoms with Gasteiger partial charge in [-0.1, -0.05) is 39.7 Å². The normalized spacial score (nSPS) is 12.5. The molecule has 0 nitrogen and oxygen atoms in total. The highest BCUT2D eigenvalue weighted by molar-refractivity contribution is 14.1. The molecule has 0 bridgehead atoms. The van der Waals surface area contributed by atoms with Crippen LogP contribution >= 0.6 is 50.1 Å². The van der Waals surface area contributed by atoms with Crippen molar-refractivity contribution in [2.75, 3.05) is 0 Å².